The standard InChI is InChI=1S/C12H15N5O/c1-8-7-11(16-17(8)2)15-12(18)14-10-5-3-9(13)4-6-10/h3-7H,13H2,1-2H3,(H2,14,15,16,18). The fraction of sp³-hybridized carbons (Fsp3) is 0.167. The van der Waals surface area contributed by atoms with Crippen LogP contribution in [0.1, 0.15) is 5.69 Å². The van der Waals surface area contributed by atoms with Gasteiger partial charge in [0.15, 0.2) is 5.82 Å². The molecule has 1 aromatic heterocycles. The van der Waals surface area contributed by atoms with Crippen LogP contribution in [0.4, 0.5) is 22.0 Å². The lowest BCUT2D eigenvalue weighted by molar-refractivity contribution is 0.262. The molecule has 6 nitrogen and oxygen atoms in total. The van der Waals surface area contributed by atoms with Crippen LogP contribution in [0, 0.1) is 6.92 Å². The minimum Gasteiger partial charge on any atom is -0.399 e. The molecule has 4 N–H and O–H groups in total. The number of nitrogen functional groups attached to an aromatic ring is 1. The van der Waals surface area contributed by atoms with E-state index >= 15 is 0 Å². The molecule has 0 unspecified atom stereocenters. The Bertz CT molecular complexity index is 539. The molecule has 18 heavy (non-hydrogen) atoms. The van der Waals surface area contributed by atoms with Gasteiger partial charge in [0.1, 0.15) is 0 Å². The smallest absolute Gasteiger partial charge is 0.324 e. The highest BCUT2D eigenvalue weighted by Gasteiger charge is 2.06. The van der Waals surface area contributed by atoms with Gasteiger partial charge >= 0.3 is 6.03 Å². The quantitative estimate of drug-likeness (QED) is 0.707. The number of nitrogens with one attached hydrogen (secondary N) is 2. The van der Waals surface area contributed by atoms with E-state index in [1.165, 1.54) is 0 Å². The number of carbonyl (C=O) groups excluding carboxylic acids is 1. The van der Waals surface area contributed by atoms with Crippen molar-refractivity contribution < 1.29 is 4.79 Å². The van der Waals surface area contributed by atoms with E-state index in [0.717, 1.165) is 5.69 Å². The number of aromatic nitrogens is 2. The van der Waals surface area contributed by atoms with Crippen molar-refractivity contribution in [3.8, 4) is 0 Å². The molecular formula is C12H15N5O. The predicted molar refractivity (Wildman–Crippen MR) is 71.4 cm³/mol. The van der Waals surface area contributed by atoms with E-state index in [9.17, 15) is 4.79 Å². The molecule has 0 bridgehead atoms. The summed E-state index contributed by atoms with van der Waals surface area (Å²) in [4.78, 5) is 11.7. The summed E-state index contributed by atoms with van der Waals surface area (Å²) < 4.78 is 1.69. The molecule has 0 saturated heterocycles. The highest BCUT2D eigenvalue weighted by Crippen LogP contribution is 2.11. The van der Waals surface area contributed by atoms with E-state index in [1.807, 2.05) is 14.0 Å². The first-order valence-corrected chi connectivity index (χ1v) is 5.49. The second kappa shape index (κ2) is 4.79. The average Bonchev–Trinajstić information content (AvgIpc) is 2.61. The summed E-state index contributed by atoms with van der Waals surface area (Å²) in [5.41, 5.74) is 7.86. The Balaban J connectivity index is 1.98. The Morgan fingerprint density at radius 2 is 1.94 bits per heavy atom. The van der Waals surface area contributed by atoms with Gasteiger partial charge < -0.3 is 11.1 Å². The number of amides is 2. The maximum Gasteiger partial charge on any atom is 0.324 e. The van der Waals surface area contributed by atoms with Gasteiger partial charge in [-0.3, -0.25) is 10.00 Å². The van der Waals surface area contributed by atoms with E-state index < -0.39 is 0 Å². The number of nitrogens with zero attached hydrogens (tertiary/aromatic N) is 2. The fourth-order valence-electron chi connectivity index (χ4n) is 1.47. The van der Waals surface area contributed by atoms with Crippen LogP contribution < -0.4 is 16.4 Å². The molecule has 0 atom stereocenters. The van der Waals surface area contributed by atoms with E-state index in [-0.39, 0.29) is 6.03 Å². The van der Waals surface area contributed by atoms with Crippen molar-refractivity contribution in [1.82, 2.24) is 9.78 Å². The molecule has 0 radical (unpaired) electrons. The third-order valence-electron chi connectivity index (χ3n) is 2.52. The molecule has 0 aliphatic rings. The van der Waals surface area contributed by atoms with Gasteiger partial charge in [-0.05, 0) is 31.2 Å². The van der Waals surface area contributed by atoms with Crippen LogP contribution in [0.5, 0.6) is 0 Å². The summed E-state index contributed by atoms with van der Waals surface area (Å²) in [6.07, 6.45) is 0. The van der Waals surface area contributed by atoms with Gasteiger partial charge in [0, 0.05) is 30.2 Å². The summed E-state index contributed by atoms with van der Waals surface area (Å²) in [6.45, 7) is 1.91. The van der Waals surface area contributed by atoms with Crippen molar-refractivity contribution in [1.29, 1.82) is 0 Å². The largest absolute Gasteiger partial charge is 0.399 e. The predicted octanol–water partition coefficient (Wildman–Crippen LogP) is 1.95. The van der Waals surface area contributed by atoms with Gasteiger partial charge in [0.05, 0.1) is 0 Å². The Kier molecular flexibility index (Phi) is 3.18. The Labute approximate surface area is 105 Å². The first-order valence-electron chi connectivity index (χ1n) is 5.49. The molecule has 94 valence electrons. The Hall–Kier alpha value is -2.50. The van der Waals surface area contributed by atoms with Gasteiger partial charge in [-0.1, -0.05) is 0 Å². The van der Waals surface area contributed by atoms with Crippen molar-refractivity contribution in [3.05, 3.63) is 36.0 Å². The first-order chi connectivity index (χ1) is 8.54. The van der Waals surface area contributed by atoms with E-state index in [2.05, 4.69) is 15.7 Å². The lowest BCUT2D eigenvalue weighted by atomic mass is 10.3. The molecule has 0 saturated carbocycles. The Morgan fingerprint density at radius 3 is 2.50 bits per heavy atom. The number of nitrogens with two attached hydrogens (primary N) is 1. The zero-order chi connectivity index (χ0) is 13.1. The molecule has 6 heteroatoms. The second-order valence-electron chi connectivity index (χ2n) is 4.00. The molecular weight excluding hydrogens is 230 g/mol. The number of benzene rings is 1. The van der Waals surface area contributed by atoms with Crippen LogP contribution in [-0.4, -0.2) is 15.8 Å². The van der Waals surface area contributed by atoms with E-state index in [4.69, 9.17) is 5.73 Å². The number of rotatable bonds is 2. The second-order valence-corrected chi connectivity index (χ2v) is 4.00. The monoisotopic (exact) mass is 245 g/mol. The van der Waals surface area contributed by atoms with Crippen molar-refractivity contribution in [2.24, 2.45) is 7.05 Å². The summed E-state index contributed by atoms with van der Waals surface area (Å²) in [5.74, 6) is 0.517. The van der Waals surface area contributed by atoms with E-state index in [1.54, 1.807) is 35.0 Å². The molecule has 0 fully saturated rings. The first kappa shape index (κ1) is 12.0. The van der Waals surface area contributed by atoms with Crippen molar-refractivity contribution in [2.45, 2.75) is 6.92 Å². The zero-order valence-electron chi connectivity index (χ0n) is 10.3. The summed E-state index contributed by atoms with van der Waals surface area (Å²) in [7, 11) is 1.82. The maximum absolute atomic E-state index is 11.7. The SMILES string of the molecule is Cc1cc(NC(=O)Nc2ccc(N)cc2)nn1C. The average molecular weight is 245 g/mol. The maximum atomic E-state index is 11.7. The number of anilines is 3. The fourth-order valence-corrected chi connectivity index (χ4v) is 1.47. The molecule has 2 rings (SSSR count). The van der Waals surface area contributed by atoms with Crippen LogP contribution in [0.3, 0.4) is 0 Å². The number of carbonyl (C=O) groups is 1. The van der Waals surface area contributed by atoms with Gasteiger partial charge in [-0.25, -0.2) is 4.79 Å². The normalized spacial score (nSPS) is 10.1. The Morgan fingerprint density at radius 1 is 1.28 bits per heavy atom. The van der Waals surface area contributed by atoms with Crippen molar-refractivity contribution in [2.75, 3.05) is 16.4 Å². The number of aryl methyl sites for hydroxylation is 2. The zero-order valence-corrected chi connectivity index (χ0v) is 10.3. The molecule has 1 aromatic carbocycles. The lowest BCUT2D eigenvalue weighted by Gasteiger charge is -2.05. The van der Waals surface area contributed by atoms with Gasteiger partial charge in [0.25, 0.3) is 0 Å². The third kappa shape index (κ3) is 2.79. The third-order valence-corrected chi connectivity index (χ3v) is 2.52. The molecule has 0 aliphatic carbocycles. The molecule has 1 heterocycles. The number of urea groups is 1. The van der Waals surface area contributed by atoms with Crippen LogP contribution >= 0.6 is 0 Å². The van der Waals surface area contributed by atoms with Crippen LogP contribution in [0.2, 0.25) is 0 Å². The van der Waals surface area contributed by atoms with Gasteiger partial charge in [-0.2, -0.15) is 5.10 Å². The minimum atomic E-state index is -0.335. The minimum absolute atomic E-state index is 0.335. The highest BCUT2D eigenvalue weighted by molar-refractivity contribution is 5.99. The summed E-state index contributed by atoms with van der Waals surface area (Å²) in [6, 6.07) is 8.37. The van der Waals surface area contributed by atoms with Crippen LogP contribution in [0.25, 0.3) is 0 Å². The number of hydrogen-bond donors (Lipinski definition) is 3. The summed E-state index contributed by atoms with van der Waals surface area (Å²) >= 11 is 0. The van der Waals surface area contributed by atoms with Crippen LogP contribution in [-0.2, 0) is 7.05 Å². The number of hydrogen-bond acceptors (Lipinski definition) is 3. The molecule has 2 aromatic rings. The topological polar surface area (TPSA) is 85.0 Å². The van der Waals surface area contributed by atoms with Gasteiger partial charge in [-0.15, -0.1) is 0 Å². The molecule has 0 spiro atoms. The van der Waals surface area contributed by atoms with Crippen molar-refractivity contribution >= 4 is 23.2 Å². The molecule has 0 aliphatic heterocycles. The van der Waals surface area contributed by atoms with Gasteiger partial charge in [0.2, 0.25) is 0 Å². The molecule has 2 amide bonds. The lowest BCUT2D eigenvalue weighted by Crippen LogP contribution is -2.19. The summed E-state index contributed by atoms with van der Waals surface area (Å²) in [5, 5.41) is 9.48. The van der Waals surface area contributed by atoms with Crippen molar-refractivity contribution in [3.63, 3.8) is 0 Å². The van der Waals surface area contributed by atoms with E-state index in [0.29, 0.717) is 17.2 Å². The van der Waals surface area contributed by atoms with Crippen LogP contribution in [0.15, 0.2) is 30.3 Å². The highest BCUT2D eigenvalue weighted by atomic mass is 16.2.